The van der Waals surface area contributed by atoms with Gasteiger partial charge in [0, 0.05) is 23.5 Å². The Balaban J connectivity index is 1.90. The van der Waals surface area contributed by atoms with Crippen LogP contribution < -0.4 is 5.32 Å². The van der Waals surface area contributed by atoms with E-state index in [1.165, 1.54) is 17.4 Å². The second-order valence-electron chi connectivity index (χ2n) is 5.21. The van der Waals surface area contributed by atoms with E-state index in [4.69, 9.17) is 0 Å². The SMILES string of the molecule is Cc1cc(NC(=O)c2csc3cccnc23)ccc1S(C)(=O)=O. The van der Waals surface area contributed by atoms with E-state index in [0.717, 1.165) is 11.0 Å². The van der Waals surface area contributed by atoms with Crippen molar-refractivity contribution in [3.63, 3.8) is 0 Å². The average molecular weight is 346 g/mol. The number of aromatic nitrogens is 1. The first-order valence-electron chi connectivity index (χ1n) is 6.80. The topological polar surface area (TPSA) is 76.1 Å². The number of hydrogen-bond donors (Lipinski definition) is 1. The molecule has 3 aromatic rings. The Morgan fingerprint density at radius 2 is 2.04 bits per heavy atom. The lowest BCUT2D eigenvalue weighted by molar-refractivity contribution is 0.102. The Morgan fingerprint density at radius 3 is 2.74 bits per heavy atom. The van der Waals surface area contributed by atoms with Crippen LogP contribution in [0.5, 0.6) is 0 Å². The molecule has 0 aliphatic heterocycles. The lowest BCUT2D eigenvalue weighted by atomic mass is 10.2. The number of sulfone groups is 1. The van der Waals surface area contributed by atoms with Crippen LogP contribution in [0.4, 0.5) is 5.69 Å². The zero-order chi connectivity index (χ0) is 16.6. The van der Waals surface area contributed by atoms with Crippen LogP contribution in [0.15, 0.2) is 46.8 Å². The molecule has 3 rings (SSSR count). The molecule has 1 aromatic carbocycles. The summed E-state index contributed by atoms with van der Waals surface area (Å²) in [6.07, 6.45) is 2.81. The van der Waals surface area contributed by atoms with Crippen LogP contribution in [0.2, 0.25) is 0 Å². The summed E-state index contributed by atoms with van der Waals surface area (Å²) in [5.74, 6) is -0.263. The van der Waals surface area contributed by atoms with Gasteiger partial charge < -0.3 is 5.32 Å². The summed E-state index contributed by atoms with van der Waals surface area (Å²) in [4.78, 5) is 16.9. The molecule has 0 aliphatic carbocycles. The first-order valence-corrected chi connectivity index (χ1v) is 9.57. The van der Waals surface area contributed by atoms with E-state index < -0.39 is 9.84 Å². The van der Waals surface area contributed by atoms with Crippen molar-refractivity contribution in [2.45, 2.75) is 11.8 Å². The molecule has 0 aliphatic rings. The van der Waals surface area contributed by atoms with Gasteiger partial charge in [-0.25, -0.2) is 8.42 Å². The third kappa shape index (κ3) is 3.11. The minimum Gasteiger partial charge on any atom is -0.322 e. The number of pyridine rings is 1. The quantitative estimate of drug-likeness (QED) is 0.790. The number of aryl methyl sites for hydroxylation is 1. The molecular formula is C16H14N2O3S2. The first-order chi connectivity index (χ1) is 10.9. The lowest BCUT2D eigenvalue weighted by Crippen LogP contribution is -2.12. The van der Waals surface area contributed by atoms with Gasteiger partial charge in [-0.2, -0.15) is 0 Å². The molecule has 0 spiro atoms. The molecule has 1 amide bonds. The molecule has 0 fully saturated rings. The van der Waals surface area contributed by atoms with Gasteiger partial charge >= 0.3 is 0 Å². The predicted molar refractivity (Wildman–Crippen MR) is 91.9 cm³/mol. The number of nitrogens with zero attached hydrogens (tertiary/aromatic N) is 1. The van der Waals surface area contributed by atoms with Crippen molar-refractivity contribution in [3.05, 3.63) is 53.0 Å². The number of anilines is 1. The second-order valence-corrected chi connectivity index (χ2v) is 8.10. The molecule has 0 atom stereocenters. The molecule has 0 saturated heterocycles. The molecule has 2 aromatic heterocycles. The maximum atomic E-state index is 12.4. The van der Waals surface area contributed by atoms with Crippen LogP contribution in [-0.4, -0.2) is 25.6 Å². The maximum absolute atomic E-state index is 12.4. The van der Waals surface area contributed by atoms with E-state index in [-0.39, 0.29) is 10.8 Å². The summed E-state index contributed by atoms with van der Waals surface area (Å²) in [5, 5.41) is 4.56. The van der Waals surface area contributed by atoms with Crippen LogP contribution in [0.3, 0.4) is 0 Å². The van der Waals surface area contributed by atoms with E-state index in [2.05, 4.69) is 10.3 Å². The van der Waals surface area contributed by atoms with Crippen molar-refractivity contribution in [1.82, 2.24) is 4.98 Å². The smallest absolute Gasteiger partial charge is 0.258 e. The number of benzene rings is 1. The molecule has 1 N–H and O–H groups in total. The van der Waals surface area contributed by atoms with Crippen molar-refractivity contribution in [2.75, 3.05) is 11.6 Å². The number of amides is 1. The van der Waals surface area contributed by atoms with Crippen LogP contribution in [0, 0.1) is 6.92 Å². The Hall–Kier alpha value is -2.25. The van der Waals surface area contributed by atoms with E-state index in [1.54, 1.807) is 30.6 Å². The number of thiophene rings is 1. The molecule has 118 valence electrons. The molecule has 5 nitrogen and oxygen atoms in total. The molecule has 0 unspecified atom stereocenters. The third-order valence-electron chi connectivity index (χ3n) is 3.41. The van der Waals surface area contributed by atoms with Gasteiger partial charge in [0.2, 0.25) is 0 Å². The summed E-state index contributed by atoms with van der Waals surface area (Å²) in [6, 6.07) is 8.48. The Labute approximate surface area is 137 Å². The highest BCUT2D eigenvalue weighted by atomic mass is 32.2. The summed E-state index contributed by atoms with van der Waals surface area (Å²) in [5.41, 5.74) is 2.32. The van der Waals surface area contributed by atoms with E-state index in [0.29, 0.717) is 22.3 Å². The highest BCUT2D eigenvalue weighted by Gasteiger charge is 2.15. The van der Waals surface area contributed by atoms with Gasteiger partial charge in [0.25, 0.3) is 5.91 Å². The van der Waals surface area contributed by atoms with Crippen molar-refractivity contribution in [2.24, 2.45) is 0 Å². The standard InChI is InChI=1S/C16H14N2O3S2/c1-10-8-11(5-6-14(10)23(2,20)21)18-16(19)12-9-22-13-4-3-7-17-15(12)13/h3-9H,1-2H3,(H,18,19). The fourth-order valence-corrected chi connectivity index (χ4v) is 4.22. The van der Waals surface area contributed by atoms with Crippen molar-refractivity contribution >= 4 is 43.0 Å². The van der Waals surface area contributed by atoms with Crippen molar-refractivity contribution < 1.29 is 13.2 Å². The molecular weight excluding hydrogens is 332 g/mol. The van der Waals surface area contributed by atoms with Crippen LogP contribution >= 0.6 is 11.3 Å². The third-order valence-corrected chi connectivity index (χ3v) is 5.60. The fraction of sp³-hybridized carbons (Fsp3) is 0.125. The van der Waals surface area contributed by atoms with E-state index in [1.807, 2.05) is 12.1 Å². The molecule has 0 bridgehead atoms. The monoisotopic (exact) mass is 346 g/mol. The summed E-state index contributed by atoms with van der Waals surface area (Å²) >= 11 is 1.46. The molecule has 0 radical (unpaired) electrons. The number of fused-ring (bicyclic) bond motifs is 1. The Kier molecular flexibility index (Phi) is 3.91. The summed E-state index contributed by atoms with van der Waals surface area (Å²) in [6.45, 7) is 1.70. The van der Waals surface area contributed by atoms with Crippen LogP contribution in [0.25, 0.3) is 10.2 Å². The normalized spacial score (nSPS) is 11.6. The molecule has 23 heavy (non-hydrogen) atoms. The Morgan fingerprint density at radius 1 is 1.26 bits per heavy atom. The van der Waals surface area contributed by atoms with Gasteiger partial charge in [0.1, 0.15) is 0 Å². The van der Waals surface area contributed by atoms with Gasteiger partial charge in [0.05, 0.1) is 20.7 Å². The minimum absolute atomic E-state index is 0.262. The maximum Gasteiger partial charge on any atom is 0.258 e. The average Bonchev–Trinajstić information content (AvgIpc) is 2.90. The highest BCUT2D eigenvalue weighted by molar-refractivity contribution is 7.90. The molecule has 7 heteroatoms. The fourth-order valence-electron chi connectivity index (χ4n) is 2.37. The number of nitrogens with one attached hydrogen (secondary N) is 1. The summed E-state index contributed by atoms with van der Waals surface area (Å²) < 4.78 is 24.2. The predicted octanol–water partition coefficient (Wildman–Crippen LogP) is 3.26. The zero-order valence-electron chi connectivity index (χ0n) is 12.5. The van der Waals surface area contributed by atoms with Crippen LogP contribution in [0.1, 0.15) is 15.9 Å². The Bertz CT molecular complexity index is 1010. The largest absolute Gasteiger partial charge is 0.322 e. The zero-order valence-corrected chi connectivity index (χ0v) is 14.2. The molecule has 2 heterocycles. The number of carbonyl (C=O) groups is 1. The minimum atomic E-state index is -3.27. The van der Waals surface area contributed by atoms with E-state index in [9.17, 15) is 13.2 Å². The number of rotatable bonds is 3. The van der Waals surface area contributed by atoms with Crippen molar-refractivity contribution in [1.29, 1.82) is 0 Å². The van der Waals surface area contributed by atoms with Gasteiger partial charge in [-0.05, 0) is 42.8 Å². The van der Waals surface area contributed by atoms with Crippen molar-refractivity contribution in [3.8, 4) is 0 Å². The van der Waals surface area contributed by atoms with Gasteiger partial charge in [0.15, 0.2) is 9.84 Å². The van der Waals surface area contributed by atoms with Gasteiger partial charge in [-0.3, -0.25) is 9.78 Å². The van der Waals surface area contributed by atoms with Gasteiger partial charge in [-0.15, -0.1) is 11.3 Å². The van der Waals surface area contributed by atoms with Crippen LogP contribution in [-0.2, 0) is 9.84 Å². The highest BCUT2D eigenvalue weighted by Crippen LogP contribution is 2.25. The van der Waals surface area contributed by atoms with Gasteiger partial charge in [-0.1, -0.05) is 0 Å². The lowest BCUT2D eigenvalue weighted by Gasteiger charge is -2.08. The second kappa shape index (κ2) is 5.75. The first kappa shape index (κ1) is 15.6. The number of hydrogen-bond acceptors (Lipinski definition) is 5. The van der Waals surface area contributed by atoms with E-state index >= 15 is 0 Å². The number of carbonyl (C=O) groups excluding carboxylic acids is 1. The molecule has 0 saturated carbocycles. The summed E-state index contributed by atoms with van der Waals surface area (Å²) in [7, 11) is -3.27.